The molecule has 0 saturated carbocycles. The fraction of sp³-hybridized carbons (Fsp3) is 0.545. The molecule has 0 aromatic carbocycles. The highest BCUT2D eigenvalue weighted by molar-refractivity contribution is 5.28. The summed E-state index contributed by atoms with van der Waals surface area (Å²) in [5, 5.41) is 8.02. The summed E-state index contributed by atoms with van der Waals surface area (Å²) < 4.78 is 6.90. The van der Waals surface area contributed by atoms with Crippen molar-refractivity contribution in [3.05, 3.63) is 23.8 Å². The number of aryl methyl sites for hydroxylation is 1. The van der Waals surface area contributed by atoms with Crippen LogP contribution in [0.5, 0.6) is 0 Å². The largest absolute Gasteiger partial charge is 0.339 e. The van der Waals surface area contributed by atoms with Crippen LogP contribution in [0.3, 0.4) is 0 Å². The first-order valence-corrected chi connectivity index (χ1v) is 5.98. The summed E-state index contributed by atoms with van der Waals surface area (Å²) in [5.74, 6) is 0.985. The van der Waals surface area contributed by atoms with Gasteiger partial charge in [0.15, 0.2) is 0 Å². The second-order valence-corrected chi connectivity index (χ2v) is 4.03. The van der Waals surface area contributed by atoms with Crippen LogP contribution in [0.2, 0.25) is 0 Å². The van der Waals surface area contributed by atoms with Crippen LogP contribution in [0.1, 0.15) is 31.3 Å². The Morgan fingerprint density at radius 3 is 2.72 bits per heavy atom. The lowest BCUT2D eigenvalue weighted by Crippen LogP contribution is -2.23. The van der Waals surface area contributed by atoms with Crippen LogP contribution in [0.4, 0.5) is 5.95 Å². The van der Waals surface area contributed by atoms with Crippen molar-refractivity contribution in [2.24, 2.45) is 12.8 Å². The molecule has 0 aliphatic rings. The van der Waals surface area contributed by atoms with Crippen molar-refractivity contribution in [2.75, 3.05) is 18.0 Å². The minimum Gasteiger partial charge on any atom is -0.339 e. The van der Waals surface area contributed by atoms with E-state index in [4.69, 9.17) is 10.3 Å². The summed E-state index contributed by atoms with van der Waals surface area (Å²) in [6, 6.07) is -0.435. The minimum atomic E-state index is -0.435. The number of nitrogens with zero attached hydrogens (tertiary/aromatic N) is 5. The van der Waals surface area contributed by atoms with Crippen molar-refractivity contribution < 1.29 is 4.52 Å². The third-order valence-electron chi connectivity index (χ3n) is 2.83. The lowest BCUT2D eigenvalue weighted by atomic mass is 10.2. The molecular weight excluding hydrogens is 232 g/mol. The first-order chi connectivity index (χ1) is 8.65. The van der Waals surface area contributed by atoms with Crippen LogP contribution in [-0.4, -0.2) is 33.0 Å². The van der Waals surface area contributed by atoms with Gasteiger partial charge in [0.1, 0.15) is 6.04 Å². The summed E-state index contributed by atoms with van der Waals surface area (Å²) >= 11 is 0. The molecule has 2 aromatic heterocycles. The molecular formula is C11H18N6O. The van der Waals surface area contributed by atoms with Crippen molar-refractivity contribution in [3.63, 3.8) is 0 Å². The normalized spacial score (nSPS) is 12.7. The smallest absolute Gasteiger partial charge is 0.266 e. The Hall–Kier alpha value is -1.89. The number of aromatic nitrogens is 4. The van der Waals surface area contributed by atoms with Gasteiger partial charge in [0, 0.05) is 31.9 Å². The van der Waals surface area contributed by atoms with Gasteiger partial charge in [-0.1, -0.05) is 0 Å². The lowest BCUT2D eigenvalue weighted by Gasteiger charge is -2.14. The Kier molecular flexibility index (Phi) is 3.61. The van der Waals surface area contributed by atoms with Gasteiger partial charge in [-0.05, 0) is 19.0 Å². The van der Waals surface area contributed by atoms with Crippen LogP contribution in [0, 0.1) is 0 Å². The fourth-order valence-electron chi connectivity index (χ4n) is 1.73. The highest BCUT2D eigenvalue weighted by Gasteiger charge is 2.19. The van der Waals surface area contributed by atoms with E-state index >= 15 is 0 Å². The first kappa shape index (κ1) is 12.6. The molecule has 0 bridgehead atoms. The van der Waals surface area contributed by atoms with E-state index in [2.05, 4.69) is 15.2 Å². The van der Waals surface area contributed by atoms with Gasteiger partial charge >= 0.3 is 0 Å². The molecule has 0 spiro atoms. The van der Waals surface area contributed by atoms with Crippen molar-refractivity contribution in [1.82, 2.24) is 19.9 Å². The Bertz CT molecular complexity index is 501. The van der Waals surface area contributed by atoms with E-state index in [1.54, 1.807) is 10.9 Å². The molecule has 0 fully saturated rings. The maximum absolute atomic E-state index is 6.06. The van der Waals surface area contributed by atoms with Crippen molar-refractivity contribution in [2.45, 2.75) is 19.9 Å². The third-order valence-corrected chi connectivity index (χ3v) is 2.83. The summed E-state index contributed by atoms with van der Waals surface area (Å²) in [4.78, 5) is 6.33. The molecule has 1 unspecified atom stereocenters. The monoisotopic (exact) mass is 250 g/mol. The second-order valence-electron chi connectivity index (χ2n) is 4.03. The average Bonchev–Trinajstić information content (AvgIpc) is 2.99. The van der Waals surface area contributed by atoms with E-state index in [9.17, 15) is 0 Å². The predicted octanol–water partition coefficient (Wildman–Crippen LogP) is 0.697. The zero-order valence-electron chi connectivity index (χ0n) is 10.9. The molecule has 18 heavy (non-hydrogen) atoms. The number of hydrogen-bond acceptors (Lipinski definition) is 6. The van der Waals surface area contributed by atoms with E-state index in [0.29, 0.717) is 11.8 Å². The predicted molar refractivity (Wildman–Crippen MR) is 67.1 cm³/mol. The van der Waals surface area contributed by atoms with Gasteiger partial charge in [-0.25, -0.2) is 0 Å². The maximum Gasteiger partial charge on any atom is 0.266 e. The van der Waals surface area contributed by atoms with Gasteiger partial charge < -0.3 is 15.2 Å². The molecule has 2 aromatic rings. The molecule has 0 aliphatic heterocycles. The molecule has 2 rings (SSSR count). The van der Waals surface area contributed by atoms with E-state index in [1.807, 2.05) is 32.0 Å². The van der Waals surface area contributed by atoms with E-state index in [0.717, 1.165) is 18.7 Å². The van der Waals surface area contributed by atoms with Crippen LogP contribution in [-0.2, 0) is 7.05 Å². The van der Waals surface area contributed by atoms with Crippen molar-refractivity contribution in [3.8, 4) is 0 Å². The summed E-state index contributed by atoms with van der Waals surface area (Å²) in [7, 11) is 1.84. The van der Waals surface area contributed by atoms with E-state index < -0.39 is 6.04 Å². The minimum absolute atomic E-state index is 0.407. The molecule has 1 atom stereocenters. The van der Waals surface area contributed by atoms with Gasteiger partial charge in [0.25, 0.3) is 5.95 Å². The summed E-state index contributed by atoms with van der Waals surface area (Å²) in [6.45, 7) is 5.75. The van der Waals surface area contributed by atoms with Gasteiger partial charge in [0.2, 0.25) is 5.89 Å². The fourth-order valence-corrected chi connectivity index (χ4v) is 1.73. The molecule has 98 valence electrons. The molecule has 0 amide bonds. The molecule has 0 saturated heterocycles. The van der Waals surface area contributed by atoms with Gasteiger partial charge in [-0.15, -0.1) is 0 Å². The van der Waals surface area contributed by atoms with Crippen LogP contribution in [0.25, 0.3) is 0 Å². The molecule has 7 nitrogen and oxygen atoms in total. The Labute approximate surface area is 106 Å². The molecule has 0 radical (unpaired) electrons. The molecule has 2 N–H and O–H groups in total. The number of anilines is 1. The molecule has 0 aliphatic carbocycles. The quantitative estimate of drug-likeness (QED) is 0.840. The highest BCUT2D eigenvalue weighted by Crippen LogP contribution is 2.19. The van der Waals surface area contributed by atoms with Gasteiger partial charge in [-0.2, -0.15) is 10.1 Å². The number of rotatable bonds is 5. The zero-order valence-corrected chi connectivity index (χ0v) is 10.9. The van der Waals surface area contributed by atoms with Crippen molar-refractivity contribution in [1.29, 1.82) is 0 Å². The van der Waals surface area contributed by atoms with E-state index in [1.165, 1.54) is 0 Å². The van der Waals surface area contributed by atoms with Crippen LogP contribution in [0.15, 0.2) is 16.9 Å². The van der Waals surface area contributed by atoms with Gasteiger partial charge in [-0.3, -0.25) is 4.68 Å². The third kappa shape index (κ3) is 2.35. The first-order valence-electron chi connectivity index (χ1n) is 5.98. The Morgan fingerprint density at radius 2 is 2.17 bits per heavy atom. The van der Waals surface area contributed by atoms with Gasteiger partial charge in [0.05, 0.1) is 6.20 Å². The molecule has 7 heteroatoms. The highest BCUT2D eigenvalue weighted by atomic mass is 16.5. The van der Waals surface area contributed by atoms with Crippen LogP contribution >= 0.6 is 0 Å². The van der Waals surface area contributed by atoms with Crippen LogP contribution < -0.4 is 10.6 Å². The summed E-state index contributed by atoms with van der Waals surface area (Å²) in [6.07, 6.45) is 3.54. The standard InChI is InChI=1S/C11H18N6O/c1-4-17(5-2)11-14-10(18-15-11)9(12)8-6-13-16(3)7-8/h6-7,9H,4-5,12H2,1-3H3. The lowest BCUT2D eigenvalue weighted by molar-refractivity contribution is 0.366. The average molecular weight is 250 g/mol. The number of nitrogens with two attached hydrogens (primary N) is 1. The van der Waals surface area contributed by atoms with Crippen molar-refractivity contribution >= 4 is 5.95 Å². The number of hydrogen-bond donors (Lipinski definition) is 1. The maximum atomic E-state index is 6.06. The molecule has 2 heterocycles. The summed E-state index contributed by atoms with van der Waals surface area (Å²) in [5.41, 5.74) is 6.91. The topological polar surface area (TPSA) is 86.0 Å². The Balaban J connectivity index is 2.19. The second kappa shape index (κ2) is 5.18. The zero-order chi connectivity index (χ0) is 13.1. The van der Waals surface area contributed by atoms with E-state index in [-0.39, 0.29) is 0 Å². The SMILES string of the molecule is CCN(CC)c1noc(C(N)c2cnn(C)c2)n1. The Morgan fingerprint density at radius 1 is 1.44 bits per heavy atom.